The Morgan fingerprint density at radius 1 is 1.40 bits per heavy atom. The smallest absolute Gasteiger partial charge is 0.311 e. The Hall–Kier alpha value is -1.16. The van der Waals surface area contributed by atoms with Gasteiger partial charge in [-0.15, -0.1) is 0 Å². The van der Waals surface area contributed by atoms with Crippen molar-refractivity contribution >= 4 is 11.8 Å². The summed E-state index contributed by atoms with van der Waals surface area (Å²) in [6, 6.07) is 0.616. The molecule has 1 unspecified atom stereocenters. The van der Waals surface area contributed by atoms with E-state index in [4.69, 9.17) is 5.11 Å². The van der Waals surface area contributed by atoms with Crippen LogP contribution in [0.5, 0.6) is 0 Å². The van der Waals surface area contributed by atoms with Gasteiger partial charge in [-0.25, -0.2) is 0 Å². The number of fused-ring (bicyclic) bond motifs is 2. The zero-order chi connectivity index (χ0) is 10.8. The molecule has 2 atom stereocenters. The summed E-state index contributed by atoms with van der Waals surface area (Å²) in [5.74, 6) is -1.28. The van der Waals surface area contributed by atoms with E-state index >= 15 is 0 Å². The van der Waals surface area contributed by atoms with Crippen LogP contribution in [0.2, 0.25) is 0 Å². The van der Waals surface area contributed by atoms with Crippen molar-refractivity contribution in [2.45, 2.75) is 44.2 Å². The highest BCUT2D eigenvalue weighted by Gasteiger charge is 2.31. The number of carboxylic acid groups (broad SMARTS) is 1. The van der Waals surface area contributed by atoms with E-state index in [2.05, 4.69) is 5.32 Å². The van der Waals surface area contributed by atoms with Crippen LogP contribution < -0.4 is 5.32 Å². The minimum atomic E-state index is -1.04. The maximum absolute atomic E-state index is 11.7. The molecule has 0 spiro atoms. The van der Waals surface area contributed by atoms with Crippen molar-refractivity contribution in [1.82, 2.24) is 5.32 Å². The van der Waals surface area contributed by atoms with Crippen LogP contribution in [0.4, 0.5) is 0 Å². The molecule has 2 heterocycles. The predicted molar refractivity (Wildman–Crippen MR) is 54.5 cm³/mol. The molecular weight excluding hydrogens is 194 g/mol. The summed E-state index contributed by atoms with van der Waals surface area (Å²) < 4.78 is 0. The largest absolute Gasteiger partial charge is 0.481 e. The number of hydrogen-bond acceptors (Lipinski definition) is 3. The van der Waals surface area contributed by atoms with Gasteiger partial charge in [0.05, 0.1) is 0 Å². The Morgan fingerprint density at radius 2 is 2.20 bits per heavy atom. The topological polar surface area (TPSA) is 66.4 Å². The van der Waals surface area contributed by atoms with Crippen LogP contribution >= 0.6 is 0 Å². The molecule has 1 saturated heterocycles. The van der Waals surface area contributed by atoms with Gasteiger partial charge < -0.3 is 10.4 Å². The van der Waals surface area contributed by atoms with Crippen LogP contribution in [0.1, 0.15) is 32.1 Å². The number of ketones is 1. The first kappa shape index (κ1) is 10.4. The highest BCUT2D eigenvalue weighted by Crippen LogP contribution is 2.26. The van der Waals surface area contributed by atoms with Gasteiger partial charge in [-0.1, -0.05) is 6.08 Å². The third-order valence-electron chi connectivity index (χ3n) is 3.13. The van der Waals surface area contributed by atoms with Crippen molar-refractivity contribution in [1.29, 1.82) is 0 Å². The Balaban J connectivity index is 2.09. The molecule has 0 aromatic carbocycles. The monoisotopic (exact) mass is 209 g/mol. The van der Waals surface area contributed by atoms with Crippen LogP contribution in [-0.2, 0) is 9.59 Å². The molecule has 2 aliphatic heterocycles. The summed E-state index contributed by atoms with van der Waals surface area (Å²) in [5.41, 5.74) is 0.692. The molecule has 0 aromatic heterocycles. The Labute approximate surface area is 88.4 Å². The lowest BCUT2D eigenvalue weighted by Gasteiger charge is -2.12. The molecule has 4 heteroatoms. The SMILES string of the molecule is O=C(O)CC(=O)C1=CCCC2CC[C@@H]1N2. The molecule has 0 radical (unpaired) electrons. The lowest BCUT2D eigenvalue weighted by Crippen LogP contribution is -2.31. The molecule has 82 valence electrons. The maximum Gasteiger partial charge on any atom is 0.311 e. The summed E-state index contributed by atoms with van der Waals surface area (Å²) in [6.07, 6.45) is 5.54. The highest BCUT2D eigenvalue weighted by atomic mass is 16.4. The molecule has 2 N–H and O–H groups in total. The molecule has 0 aromatic rings. The number of carbonyl (C=O) groups is 2. The molecule has 1 fully saturated rings. The fraction of sp³-hybridized carbons (Fsp3) is 0.636. The quantitative estimate of drug-likeness (QED) is 0.677. The Morgan fingerprint density at radius 3 is 2.93 bits per heavy atom. The second kappa shape index (κ2) is 4.14. The standard InChI is InChI=1S/C11H15NO3/c13-10(6-11(14)15)8-3-1-2-7-4-5-9(8)12-7/h3,7,9,12H,1-2,4-6H2,(H,14,15)/t7?,9-/m0/s1. The maximum atomic E-state index is 11.7. The van der Waals surface area contributed by atoms with Crippen LogP contribution in [-0.4, -0.2) is 28.9 Å². The summed E-state index contributed by atoms with van der Waals surface area (Å²) in [7, 11) is 0. The molecule has 0 amide bonds. The van der Waals surface area contributed by atoms with Crippen LogP contribution in [0.15, 0.2) is 11.6 Å². The third-order valence-corrected chi connectivity index (χ3v) is 3.13. The first-order valence-electron chi connectivity index (χ1n) is 5.38. The number of carboxylic acids is 1. The molecule has 2 bridgehead atoms. The van der Waals surface area contributed by atoms with Crippen molar-refractivity contribution in [2.75, 3.05) is 0 Å². The van der Waals surface area contributed by atoms with E-state index in [-0.39, 0.29) is 18.2 Å². The van der Waals surface area contributed by atoms with Gasteiger partial charge in [-0.3, -0.25) is 9.59 Å². The minimum absolute atomic E-state index is 0.101. The number of allylic oxidation sites excluding steroid dienone is 1. The van der Waals surface area contributed by atoms with Crippen molar-refractivity contribution < 1.29 is 14.7 Å². The van der Waals surface area contributed by atoms with E-state index in [0.29, 0.717) is 11.6 Å². The van der Waals surface area contributed by atoms with E-state index in [0.717, 1.165) is 25.7 Å². The molecule has 4 nitrogen and oxygen atoms in total. The number of carbonyl (C=O) groups excluding carboxylic acids is 1. The van der Waals surface area contributed by atoms with Gasteiger partial charge in [-0.2, -0.15) is 0 Å². The summed E-state index contributed by atoms with van der Waals surface area (Å²) in [6.45, 7) is 0. The number of Topliss-reactive ketones (excluding diaryl/α,β-unsaturated/α-hetero) is 1. The van der Waals surface area contributed by atoms with Crippen molar-refractivity contribution in [3.63, 3.8) is 0 Å². The number of nitrogens with one attached hydrogen (secondary N) is 1. The van der Waals surface area contributed by atoms with Crippen molar-refractivity contribution in [2.24, 2.45) is 0 Å². The first-order chi connectivity index (χ1) is 7.16. The van der Waals surface area contributed by atoms with E-state index in [1.165, 1.54) is 0 Å². The van der Waals surface area contributed by atoms with E-state index in [1.807, 2.05) is 6.08 Å². The summed E-state index contributed by atoms with van der Waals surface area (Å²) >= 11 is 0. The second-order valence-corrected chi connectivity index (χ2v) is 4.22. The first-order valence-corrected chi connectivity index (χ1v) is 5.38. The van der Waals surface area contributed by atoms with Gasteiger partial charge in [0, 0.05) is 17.7 Å². The van der Waals surface area contributed by atoms with Crippen LogP contribution in [0.3, 0.4) is 0 Å². The zero-order valence-electron chi connectivity index (χ0n) is 8.53. The lowest BCUT2D eigenvalue weighted by molar-refractivity contribution is -0.139. The predicted octanol–water partition coefficient (Wildman–Crippen LogP) is 0.871. The van der Waals surface area contributed by atoms with E-state index in [1.54, 1.807) is 0 Å². The minimum Gasteiger partial charge on any atom is -0.481 e. The van der Waals surface area contributed by atoms with Gasteiger partial charge in [-0.05, 0) is 25.7 Å². The molecule has 2 aliphatic rings. The third kappa shape index (κ3) is 2.26. The molecule has 2 rings (SSSR count). The Kier molecular flexibility index (Phi) is 2.86. The van der Waals surface area contributed by atoms with Crippen molar-refractivity contribution in [3.05, 3.63) is 11.6 Å². The fourth-order valence-electron chi connectivity index (χ4n) is 2.42. The number of hydrogen-bond donors (Lipinski definition) is 2. The lowest BCUT2D eigenvalue weighted by atomic mass is 9.95. The highest BCUT2D eigenvalue weighted by molar-refractivity contribution is 6.05. The van der Waals surface area contributed by atoms with Gasteiger partial charge >= 0.3 is 5.97 Å². The van der Waals surface area contributed by atoms with Crippen LogP contribution in [0.25, 0.3) is 0 Å². The van der Waals surface area contributed by atoms with Gasteiger partial charge in [0.2, 0.25) is 0 Å². The normalized spacial score (nSPS) is 29.5. The summed E-state index contributed by atoms with van der Waals surface area (Å²) in [5, 5.41) is 12.0. The van der Waals surface area contributed by atoms with E-state index in [9.17, 15) is 9.59 Å². The second-order valence-electron chi connectivity index (χ2n) is 4.22. The number of rotatable bonds is 3. The molecule has 15 heavy (non-hydrogen) atoms. The molecular formula is C11H15NO3. The zero-order valence-corrected chi connectivity index (χ0v) is 8.53. The molecule has 0 aliphatic carbocycles. The van der Waals surface area contributed by atoms with Gasteiger partial charge in [0.15, 0.2) is 5.78 Å². The average Bonchev–Trinajstić information content (AvgIpc) is 2.45. The Bertz CT molecular complexity index is 322. The van der Waals surface area contributed by atoms with Crippen molar-refractivity contribution in [3.8, 4) is 0 Å². The van der Waals surface area contributed by atoms with E-state index < -0.39 is 5.97 Å². The molecule has 0 saturated carbocycles. The summed E-state index contributed by atoms with van der Waals surface area (Å²) in [4.78, 5) is 22.1. The average molecular weight is 209 g/mol. The fourth-order valence-corrected chi connectivity index (χ4v) is 2.42. The van der Waals surface area contributed by atoms with Gasteiger partial charge in [0.1, 0.15) is 6.42 Å². The van der Waals surface area contributed by atoms with Gasteiger partial charge in [0.25, 0.3) is 0 Å². The van der Waals surface area contributed by atoms with Crippen LogP contribution in [0, 0.1) is 0 Å². The number of aliphatic carboxylic acids is 1.